The lowest BCUT2D eigenvalue weighted by atomic mass is 9.87. The fourth-order valence-electron chi connectivity index (χ4n) is 10.7. The van der Waals surface area contributed by atoms with E-state index in [9.17, 15) is 27.6 Å². The summed E-state index contributed by atoms with van der Waals surface area (Å²) in [5, 5.41) is 6.92. The average molecular weight is 802 g/mol. The molecule has 306 valence electrons. The second-order valence-corrected chi connectivity index (χ2v) is 20.6. The van der Waals surface area contributed by atoms with Crippen molar-refractivity contribution in [1.29, 1.82) is 0 Å². The Morgan fingerprint density at radius 3 is 2.61 bits per heavy atom. The standard InChI is InChI=1S/C43H55N5O8S/c1-25-27-15-16-29(25)35(21-27)55-40(52)45-33-14-8-6-4-5-7-11-28-22-43(28,39(51)47-57(53,54)41(3)19-20-41)46-37(49)34-23-42(24-48(34)38(33)50)18-17-31-30-12-9-10-13-32(30)44-26(2)36(31)56-42/h7,9-13,25,27-29,33-35H,4-6,8,14-24H2,1-3H3,(H,45,52)(H,46,49)(H,47,51)/b11-7-/t25-,27?,28?,29-,33+,34+,35+,42-,43-/m1/s1. The zero-order valence-electron chi connectivity index (χ0n) is 33.2. The van der Waals surface area contributed by atoms with Crippen LogP contribution in [-0.4, -0.2) is 82.7 Å². The van der Waals surface area contributed by atoms with E-state index < -0.39 is 67.7 Å². The molecule has 1 spiro atoms. The SMILES string of the molecule is Cc1nc2ccccc2c2c1O[C@]1(CC2)C[C@H]2C(=O)N[C@]3(C(=O)NS(=O)(=O)C4(C)CC4)CC3/C=C\CCCCC[C@H](NC(=O)O[C@H]3CC4CC[C@@H]3[C@@H]4C)C(=O)N2C1. The molecule has 57 heavy (non-hydrogen) atoms. The van der Waals surface area contributed by atoms with E-state index in [1.54, 1.807) is 6.92 Å². The Kier molecular flexibility index (Phi) is 9.40. The van der Waals surface area contributed by atoms with E-state index in [1.807, 2.05) is 43.3 Å². The molecule has 7 aliphatic rings. The number of carbonyl (C=O) groups excluding carboxylic acids is 4. The third-order valence-electron chi connectivity index (χ3n) is 14.7. The van der Waals surface area contributed by atoms with Crippen molar-refractivity contribution in [3.05, 3.63) is 47.7 Å². The maximum absolute atomic E-state index is 14.9. The molecule has 2 unspecified atom stereocenters. The number of aromatic nitrogens is 1. The molecular weight excluding hydrogens is 747 g/mol. The van der Waals surface area contributed by atoms with Crippen LogP contribution in [0.1, 0.15) is 109 Å². The number of sulfonamides is 1. The van der Waals surface area contributed by atoms with Gasteiger partial charge in [0.1, 0.15) is 35.1 Å². The highest BCUT2D eigenvalue weighted by atomic mass is 32.2. The summed E-state index contributed by atoms with van der Waals surface area (Å²) in [6.45, 7) is 5.83. The number of nitrogens with zero attached hydrogens (tertiary/aromatic N) is 2. The third kappa shape index (κ3) is 6.77. The fourth-order valence-corrected chi connectivity index (χ4v) is 12.0. The molecule has 4 saturated carbocycles. The van der Waals surface area contributed by atoms with Crippen LogP contribution in [0, 0.1) is 30.6 Å². The number of nitrogens with one attached hydrogen (secondary N) is 3. The van der Waals surface area contributed by atoms with Crippen molar-refractivity contribution in [1.82, 2.24) is 25.2 Å². The maximum Gasteiger partial charge on any atom is 0.408 e. The number of fused-ring (bicyclic) bond motifs is 7. The van der Waals surface area contributed by atoms with Gasteiger partial charge in [-0.1, -0.05) is 50.1 Å². The summed E-state index contributed by atoms with van der Waals surface area (Å²) >= 11 is 0. The average Bonchev–Trinajstić information content (AvgIpc) is 3.99. The normalized spacial score (nSPS) is 36.1. The Hall–Kier alpha value is -4.20. The summed E-state index contributed by atoms with van der Waals surface area (Å²) in [6.07, 6.45) is 11.9. The molecule has 13 nitrogen and oxygen atoms in total. The van der Waals surface area contributed by atoms with Crippen molar-refractivity contribution >= 4 is 44.7 Å². The van der Waals surface area contributed by atoms with Gasteiger partial charge in [-0.2, -0.15) is 0 Å². The molecule has 14 heteroatoms. The predicted octanol–water partition coefficient (Wildman–Crippen LogP) is 5.13. The van der Waals surface area contributed by atoms with Crippen LogP contribution >= 0.6 is 0 Å². The summed E-state index contributed by atoms with van der Waals surface area (Å²) in [7, 11) is -3.98. The smallest absolute Gasteiger partial charge is 0.408 e. The molecular formula is C43H55N5O8S. The van der Waals surface area contributed by atoms with Crippen LogP contribution in [0.15, 0.2) is 36.4 Å². The first-order chi connectivity index (χ1) is 27.2. The highest BCUT2D eigenvalue weighted by molar-refractivity contribution is 7.91. The summed E-state index contributed by atoms with van der Waals surface area (Å²) < 4.78 is 40.7. The van der Waals surface area contributed by atoms with E-state index in [1.165, 1.54) is 4.90 Å². The zero-order chi connectivity index (χ0) is 39.9. The number of hydrogen-bond acceptors (Lipinski definition) is 9. The van der Waals surface area contributed by atoms with Gasteiger partial charge in [-0.15, -0.1) is 0 Å². The number of allylic oxidation sites excluding steroid dienone is 1. The molecule has 2 bridgehead atoms. The Morgan fingerprint density at radius 1 is 1.05 bits per heavy atom. The summed E-state index contributed by atoms with van der Waals surface area (Å²) in [6, 6.07) is 5.92. The van der Waals surface area contributed by atoms with Crippen LogP contribution in [0.3, 0.4) is 0 Å². The van der Waals surface area contributed by atoms with Crippen LogP contribution in [0.5, 0.6) is 5.75 Å². The van der Waals surface area contributed by atoms with Crippen LogP contribution < -0.4 is 20.1 Å². The van der Waals surface area contributed by atoms with Crippen molar-refractivity contribution in [2.75, 3.05) is 6.54 Å². The number of hydrogen-bond donors (Lipinski definition) is 3. The van der Waals surface area contributed by atoms with E-state index in [4.69, 9.17) is 14.5 Å². The summed E-state index contributed by atoms with van der Waals surface area (Å²) in [5.41, 5.74) is 0.188. The summed E-state index contributed by atoms with van der Waals surface area (Å²) in [4.78, 5) is 63.6. The molecule has 3 N–H and O–H groups in total. The molecule has 9 rings (SSSR count). The van der Waals surface area contributed by atoms with E-state index in [0.717, 1.165) is 48.6 Å². The number of carbonyl (C=O) groups is 4. The highest BCUT2D eigenvalue weighted by Crippen LogP contribution is 2.51. The van der Waals surface area contributed by atoms with Gasteiger partial charge in [0.25, 0.3) is 5.91 Å². The molecule has 1 aromatic carbocycles. The lowest BCUT2D eigenvalue weighted by Gasteiger charge is -2.36. The van der Waals surface area contributed by atoms with Crippen LogP contribution in [0.2, 0.25) is 0 Å². The molecule has 0 radical (unpaired) electrons. The van der Waals surface area contributed by atoms with Gasteiger partial charge in [0.2, 0.25) is 21.8 Å². The van der Waals surface area contributed by atoms with Crippen molar-refractivity contribution in [2.24, 2.45) is 23.7 Å². The number of amides is 4. The lowest BCUT2D eigenvalue weighted by Crippen LogP contribution is -2.58. The van der Waals surface area contributed by atoms with E-state index >= 15 is 0 Å². The molecule has 2 aromatic rings. The molecule has 4 heterocycles. The van der Waals surface area contributed by atoms with Gasteiger partial charge in [0.05, 0.1) is 22.5 Å². The highest BCUT2D eigenvalue weighted by Gasteiger charge is 2.64. The van der Waals surface area contributed by atoms with Gasteiger partial charge in [-0.3, -0.25) is 19.1 Å². The number of aryl methyl sites for hydroxylation is 2. The van der Waals surface area contributed by atoms with Crippen molar-refractivity contribution < 1.29 is 37.1 Å². The van der Waals surface area contributed by atoms with Gasteiger partial charge < -0.3 is 25.0 Å². The van der Waals surface area contributed by atoms with E-state index in [-0.39, 0.29) is 25.5 Å². The molecule has 3 aliphatic heterocycles. The Morgan fingerprint density at radius 2 is 1.86 bits per heavy atom. The Balaban J connectivity index is 1.03. The molecule has 5 fully saturated rings. The predicted molar refractivity (Wildman–Crippen MR) is 211 cm³/mol. The molecule has 1 saturated heterocycles. The maximum atomic E-state index is 14.9. The second kappa shape index (κ2) is 14.0. The number of rotatable bonds is 5. The minimum absolute atomic E-state index is 0.0853. The number of alkyl carbamates (subject to hydrolysis) is 1. The first-order valence-electron chi connectivity index (χ1n) is 21.1. The molecule has 1 aromatic heterocycles. The van der Waals surface area contributed by atoms with Crippen molar-refractivity contribution in [3.63, 3.8) is 0 Å². The zero-order valence-corrected chi connectivity index (χ0v) is 34.0. The van der Waals surface area contributed by atoms with Crippen molar-refractivity contribution in [3.8, 4) is 5.75 Å². The number of benzene rings is 1. The Labute approximate surface area is 334 Å². The van der Waals surface area contributed by atoms with Crippen molar-refractivity contribution in [2.45, 2.75) is 145 Å². The third-order valence-corrected chi connectivity index (χ3v) is 16.9. The van der Waals surface area contributed by atoms with E-state index in [0.29, 0.717) is 74.1 Å². The first-order valence-corrected chi connectivity index (χ1v) is 22.6. The molecule has 4 amide bonds. The van der Waals surface area contributed by atoms with Crippen LogP contribution in [0.4, 0.5) is 4.79 Å². The number of ether oxygens (including phenoxy) is 2. The largest absolute Gasteiger partial charge is 0.483 e. The topological polar surface area (TPSA) is 173 Å². The quantitative estimate of drug-likeness (QED) is 0.347. The van der Waals surface area contributed by atoms with Gasteiger partial charge in [0.15, 0.2) is 0 Å². The van der Waals surface area contributed by atoms with Crippen LogP contribution in [-0.2, 0) is 35.6 Å². The van der Waals surface area contributed by atoms with Crippen LogP contribution in [0.25, 0.3) is 10.9 Å². The Bertz CT molecular complexity index is 2150. The molecule has 4 aliphatic carbocycles. The number of para-hydroxylation sites is 1. The number of pyridine rings is 1. The van der Waals surface area contributed by atoms with E-state index in [2.05, 4.69) is 22.3 Å². The van der Waals surface area contributed by atoms with Gasteiger partial charge in [-0.05, 0) is 108 Å². The monoisotopic (exact) mass is 801 g/mol. The minimum atomic E-state index is -3.98. The van der Waals surface area contributed by atoms with Gasteiger partial charge in [0, 0.05) is 23.3 Å². The second-order valence-electron chi connectivity index (χ2n) is 18.5. The fraction of sp³-hybridized carbons (Fsp3) is 0.651. The molecule has 9 atom stereocenters. The summed E-state index contributed by atoms with van der Waals surface area (Å²) in [5.74, 6) is -0.116. The lowest BCUT2D eigenvalue weighted by molar-refractivity contribution is -0.141. The van der Waals surface area contributed by atoms with Gasteiger partial charge in [-0.25, -0.2) is 18.2 Å². The first kappa shape index (κ1) is 38.3. The van der Waals surface area contributed by atoms with Gasteiger partial charge >= 0.3 is 6.09 Å². The minimum Gasteiger partial charge on any atom is -0.483 e.